The van der Waals surface area contributed by atoms with Crippen LogP contribution in [0.5, 0.6) is 5.75 Å². The normalized spacial score (nSPS) is 10.5. The molecule has 0 atom stereocenters. The molecule has 5 nitrogen and oxygen atoms in total. The topological polar surface area (TPSA) is 67.4 Å². The second kappa shape index (κ2) is 8.47. The number of halogens is 1. The molecule has 0 aliphatic carbocycles. The fourth-order valence-corrected chi connectivity index (χ4v) is 2.62. The fraction of sp³-hybridized carbons (Fsp3) is 0.300. The number of hydrogen-bond donors (Lipinski definition) is 2. The molecule has 26 heavy (non-hydrogen) atoms. The first-order chi connectivity index (χ1) is 12.3. The van der Waals surface area contributed by atoms with Crippen LogP contribution in [0, 0.1) is 12.7 Å². The van der Waals surface area contributed by atoms with Gasteiger partial charge in [-0.2, -0.15) is 0 Å². The molecule has 0 bridgehead atoms. The van der Waals surface area contributed by atoms with Gasteiger partial charge in [-0.25, -0.2) is 4.39 Å². The number of ether oxygens (including phenoxy) is 1. The van der Waals surface area contributed by atoms with E-state index in [9.17, 15) is 14.0 Å². The molecule has 2 N–H and O–H groups in total. The lowest BCUT2D eigenvalue weighted by Crippen LogP contribution is -2.20. The van der Waals surface area contributed by atoms with Gasteiger partial charge in [0.2, 0.25) is 5.91 Å². The Bertz CT molecular complexity index is 819. The molecule has 0 aliphatic rings. The number of carbonyl (C=O) groups is 2. The quantitative estimate of drug-likeness (QED) is 0.812. The molecule has 0 aliphatic heterocycles. The number of benzene rings is 2. The lowest BCUT2D eigenvalue weighted by Gasteiger charge is -2.13. The summed E-state index contributed by atoms with van der Waals surface area (Å²) in [6, 6.07) is 9.68. The molecule has 0 unspecified atom stereocenters. The largest absolute Gasteiger partial charge is 0.484 e. The third kappa shape index (κ3) is 5.31. The van der Waals surface area contributed by atoms with Crippen molar-refractivity contribution in [3.8, 4) is 5.75 Å². The average molecular weight is 358 g/mol. The molecule has 2 aromatic carbocycles. The van der Waals surface area contributed by atoms with Crippen molar-refractivity contribution in [2.45, 2.75) is 33.6 Å². The van der Waals surface area contributed by atoms with E-state index in [0.29, 0.717) is 17.4 Å². The van der Waals surface area contributed by atoms with E-state index in [-0.39, 0.29) is 18.2 Å². The highest BCUT2D eigenvalue weighted by atomic mass is 19.1. The zero-order valence-electron chi connectivity index (χ0n) is 15.4. The fourth-order valence-electron chi connectivity index (χ4n) is 2.62. The van der Waals surface area contributed by atoms with Crippen LogP contribution in [-0.2, 0) is 9.59 Å². The molecule has 0 aromatic heterocycles. The number of nitrogens with one attached hydrogen (secondary N) is 2. The molecule has 0 heterocycles. The molecular formula is C20H23FN2O3. The Kier molecular flexibility index (Phi) is 6.33. The number of carbonyl (C=O) groups excluding carboxylic acids is 2. The number of rotatable bonds is 6. The number of amides is 2. The molecule has 0 saturated heterocycles. The SMILES string of the molecule is CC(=O)Nc1cc(NC(=O)COc2ccc(C(C)C)c(C)c2)ccc1F. The highest BCUT2D eigenvalue weighted by molar-refractivity contribution is 5.94. The minimum atomic E-state index is -0.574. The van der Waals surface area contributed by atoms with Crippen LogP contribution >= 0.6 is 0 Å². The minimum Gasteiger partial charge on any atom is -0.484 e. The predicted octanol–water partition coefficient (Wildman–Crippen LogP) is 4.23. The maximum absolute atomic E-state index is 13.6. The summed E-state index contributed by atoms with van der Waals surface area (Å²) < 4.78 is 19.1. The molecule has 0 saturated carbocycles. The number of anilines is 2. The predicted molar refractivity (Wildman–Crippen MR) is 100 cm³/mol. The molecule has 0 spiro atoms. The Morgan fingerprint density at radius 3 is 2.46 bits per heavy atom. The van der Waals surface area contributed by atoms with Gasteiger partial charge in [0.15, 0.2) is 6.61 Å². The van der Waals surface area contributed by atoms with Crippen molar-refractivity contribution in [2.75, 3.05) is 17.2 Å². The third-order valence-electron chi connectivity index (χ3n) is 3.79. The van der Waals surface area contributed by atoms with Crippen molar-refractivity contribution in [3.05, 3.63) is 53.3 Å². The van der Waals surface area contributed by atoms with Crippen molar-refractivity contribution in [3.63, 3.8) is 0 Å². The van der Waals surface area contributed by atoms with E-state index in [1.165, 1.54) is 30.7 Å². The van der Waals surface area contributed by atoms with Gasteiger partial charge in [0.05, 0.1) is 5.69 Å². The van der Waals surface area contributed by atoms with Gasteiger partial charge in [-0.15, -0.1) is 0 Å². The van der Waals surface area contributed by atoms with Crippen molar-refractivity contribution in [1.29, 1.82) is 0 Å². The average Bonchev–Trinajstić information content (AvgIpc) is 2.55. The van der Waals surface area contributed by atoms with Gasteiger partial charge < -0.3 is 15.4 Å². The summed E-state index contributed by atoms with van der Waals surface area (Å²) in [7, 11) is 0. The highest BCUT2D eigenvalue weighted by Crippen LogP contribution is 2.23. The van der Waals surface area contributed by atoms with Crippen LogP contribution in [0.15, 0.2) is 36.4 Å². The molecule has 138 valence electrons. The molecule has 6 heteroatoms. The van der Waals surface area contributed by atoms with E-state index in [2.05, 4.69) is 24.5 Å². The van der Waals surface area contributed by atoms with Crippen LogP contribution in [0.2, 0.25) is 0 Å². The molecule has 0 fully saturated rings. The maximum Gasteiger partial charge on any atom is 0.262 e. The van der Waals surface area contributed by atoms with Crippen LogP contribution in [0.1, 0.15) is 37.8 Å². The van der Waals surface area contributed by atoms with E-state index in [1.807, 2.05) is 25.1 Å². The van der Waals surface area contributed by atoms with Crippen LogP contribution in [0.25, 0.3) is 0 Å². The zero-order chi connectivity index (χ0) is 19.3. The van der Waals surface area contributed by atoms with Crippen LogP contribution < -0.4 is 15.4 Å². The summed E-state index contributed by atoms with van der Waals surface area (Å²) in [5.74, 6) is -0.314. The first-order valence-corrected chi connectivity index (χ1v) is 8.36. The monoisotopic (exact) mass is 358 g/mol. The Morgan fingerprint density at radius 2 is 1.85 bits per heavy atom. The van der Waals surface area contributed by atoms with E-state index in [1.54, 1.807) is 0 Å². The van der Waals surface area contributed by atoms with Crippen molar-refractivity contribution >= 4 is 23.2 Å². The van der Waals surface area contributed by atoms with Gasteiger partial charge in [-0.1, -0.05) is 19.9 Å². The summed E-state index contributed by atoms with van der Waals surface area (Å²) in [5, 5.41) is 4.98. The van der Waals surface area contributed by atoms with Gasteiger partial charge in [0, 0.05) is 12.6 Å². The smallest absolute Gasteiger partial charge is 0.262 e. The van der Waals surface area contributed by atoms with E-state index >= 15 is 0 Å². The molecule has 0 radical (unpaired) electrons. The first-order valence-electron chi connectivity index (χ1n) is 8.36. The summed E-state index contributed by atoms with van der Waals surface area (Å²) in [6.07, 6.45) is 0. The second-order valence-electron chi connectivity index (χ2n) is 6.39. The molecule has 2 amide bonds. The molecule has 2 rings (SSSR count). The van der Waals surface area contributed by atoms with E-state index in [4.69, 9.17) is 4.74 Å². The minimum absolute atomic E-state index is 0.0103. The van der Waals surface area contributed by atoms with Gasteiger partial charge in [0.25, 0.3) is 5.91 Å². The van der Waals surface area contributed by atoms with Gasteiger partial charge >= 0.3 is 0 Å². The van der Waals surface area contributed by atoms with Crippen LogP contribution in [0.3, 0.4) is 0 Å². The first kappa shape index (κ1) is 19.4. The lowest BCUT2D eigenvalue weighted by molar-refractivity contribution is -0.118. The second-order valence-corrected chi connectivity index (χ2v) is 6.39. The third-order valence-corrected chi connectivity index (χ3v) is 3.79. The molecule has 2 aromatic rings. The van der Waals surface area contributed by atoms with Gasteiger partial charge in [-0.3, -0.25) is 9.59 Å². The van der Waals surface area contributed by atoms with E-state index < -0.39 is 11.7 Å². The zero-order valence-corrected chi connectivity index (χ0v) is 15.4. The van der Waals surface area contributed by atoms with Crippen molar-refractivity contribution < 1.29 is 18.7 Å². The number of hydrogen-bond acceptors (Lipinski definition) is 3. The Balaban J connectivity index is 1.97. The van der Waals surface area contributed by atoms with Crippen molar-refractivity contribution in [1.82, 2.24) is 0 Å². The summed E-state index contributed by atoms with van der Waals surface area (Å²) in [4.78, 5) is 23.1. The lowest BCUT2D eigenvalue weighted by atomic mass is 9.98. The standard InChI is InChI=1S/C20H23FN2O3/c1-12(2)17-7-6-16(9-13(17)3)26-11-20(25)23-15-5-8-18(21)19(10-15)22-14(4)24/h5-10,12H,11H2,1-4H3,(H,22,24)(H,23,25). The summed E-state index contributed by atoms with van der Waals surface area (Å²) in [5.41, 5.74) is 2.72. The van der Waals surface area contributed by atoms with Gasteiger partial charge in [-0.05, 0) is 54.3 Å². The highest BCUT2D eigenvalue weighted by Gasteiger charge is 2.09. The summed E-state index contributed by atoms with van der Waals surface area (Å²) in [6.45, 7) is 7.35. The Morgan fingerprint density at radius 1 is 1.12 bits per heavy atom. The van der Waals surface area contributed by atoms with Gasteiger partial charge in [0.1, 0.15) is 11.6 Å². The maximum atomic E-state index is 13.6. The Labute approximate surface area is 152 Å². The summed E-state index contributed by atoms with van der Waals surface area (Å²) >= 11 is 0. The Hall–Kier alpha value is -2.89. The van der Waals surface area contributed by atoms with E-state index in [0.717, 1.165) is 5.56 Å². The van der Waals surface area contributed by atoms with Crippen LogP contribution in [0.4, 0.5) is 15.8 Å². The molecular weight excluding hydrogens is 335 g/mol. The van der Waals surface area contributed by atoms with Crippen LogP contribution in [-0.4, -0.2) is 18.4 Å². The van der Waals surface area contributed by atoms with Crippen molar-refractivity contribution in [2.24, 2.45) is 0 Å². The number of aryl methyl sites for hydroxylation is 1.